The minimum atomic E-state index is -1.22. The van der Waals surface area contributed by atoms with Crippen LogP contribution in [0.1, 0.15) is 0 Å². The van der Waals surface area contributed by atoms with Crippen LogP contribution in [0.15, 0.2) is 24.3 Å². The van der Waals surface area contributed by atoms with E-state index in [1.54, 1.807) is 24.3 Å². The summed E-state index contributed by atoms with van der Waals surface area (Å²) in [7, 11) is 0. The Balaban J connectivity index is 2.42. The lowest BCUT2D eigenvalue weighted by atomic mass is 10.2. The molecule has 4 nitrogen and oxygen atoms in total. The maximum Gasteiger partial charge on any atom is 0.251 e. The van der Waals surface area contributed by atoms with Crippen molar-refractivity contribution in [2.24, 2.45) is 0 Å². The number of benzene rings is 1. The number of anilines is 1. The summed E-state index contributed by atoms with van der Waals surface area (Å²) in [6.07, 6.45) is -1.22. The summed E-state index contributed by atoms with van der Waals surface area (Å²) in [5, 5.41) is 19.0. The molecule has 1 atom stereocenters. The second-order valence-electron chi connectivity index (χ2n) is 2.41. The highest BCUT2D eigenvalue weighted by molar-refractivity contribution is 5.58. The lowest BCUT2D eigenvalue weighted by molar-refractivity contribution is 0.0481. The molecular weight excluding hydrogens is 158 g/mol. The number of para-hydroxylation sites is 2. The van der Waals surface area contributed by atoms with Gasteiger partial charge in [-0.05, 0) is 12.1 Å². The first-order valence-corrected chi connectivity index (χ1v) is 3.46. The summed E-state index contributed by atoms with van der Waals surface area (Å²) >= 11 is 0. The zero-order chi connectivity index (χ0) is 8.55. The van der Waals surface area contributed by atoms with Crippen molar-refractivity contribution in [1.29, 1.82) is 0 Å². The SMILES string of the molecule is OC1[C]Oc2ccccc2N1O. The van der Waals surface area contributed by atoms with Gasteiger partial charge in [0, 0.05) is 0 Å². The molecule has 1 heterocycles. The van der Waals surface area contributed by atoms with Gasteiger partial charge in [0.05, 0.1) is 0 Å². The van der Waals surface area contributed by atoms with Crippen molar-refractivity contribution >= 4 is 5.69 Å². The van der Waals surface area contributed by atoms with Crippen LogP contribution in [0.4, 0.5) is 5.69 Å². The fourth-order valence-corrected chi connectivity index (χ4v) is 1.03. The molecule has 0 saturated heterocycles. The number of hydrogen-bond acceptors (Lipinski definition) is 4. The molecule has 0 spiro atoms. The molecule has 1 aliphatic rings. The molecule has 2 rings (SSSR count). The molecule has 12 heavy (non-hydrogen) atoms. The third kappa shape index (κ3) is 1.01. The van der Waals surface area contributed by atoms with Crippen molar-refractivity contribution in [1.82, 2.24) is 0 Å². The van der Waals surface area contributed by atoms with Crippen LogP contribution in [0.2, 0.25) is 0 Å². The topological polar surface area (TPSA) is 52.9 Å². The van der Waals surface area contributed by atoms with Gasteiger partial charge in [0.2, 0.25) is 0 Å². The van der Waals surface area contributed by atoms with Crippen molar-refractivity contribution in [2.75, 3.05) is 5.06 Å². The summed E-state index contributed by atoms with van der Waals surface area (Å²) in [5.74, 6) is 0.477. The lowest BCUT2D eigenvalue weighted by Crippen LogP contribution is -2.37. The summed E-state index contributed by atoms with van der Waals surface area (Å²) < 4.78 is 4.90. The van der Waals surface area contributed by atoms with Crippen LogP contribution in [0.5, 0.6) is 5.75 Å². The standard InChI is InChI=1S/C8H7NO3/c10-8-5-12-7-4-2-1-3-6(7)9(8)11/h1-4,8,10-11H. The maximum atomic E-state index is 9.27. The number of ether oxygens (including phenoxy) is 1. The molecule has 1 aliphatic heterocycles. The molecular formula is C8H7NO3. The first-order chi connectivity index (χ1) is 5.79. The van der Waals surface area contributed by atoms with Crippen LogP contribution in [-0.2, 0) is 0 Å². The second kappa shape index (κ2) is 2.66. The van der Waals surface area contributed by atoms with Gasteiger partial charge >= 0.3 is 0 Å². The molecule has 4 heteroatoms. The third-order valence-electron chi connectivity index (χ3n) is 1.62. The van der Waals surface area contributed by atoms with Crippen LogP contribution in [-0.4, -0.2) is 16.5 Å². The molecule has 0 aromatic heterocycles. The third-order valence-corrected chi connectivity index (χ3v) is 1.62. The summed E-state index contributed by atoms with van der Waals surface area (Å²) in [4.78, 5) is 0. The van der Waals surface area contributed by atoms with Crippen molar-refractivity contribution < 1.29 is 15.1 Å². The zero-order valence-electron chi connectivity index (χ0n) is 6.14. The van der Waals surface area contributed by atoms with Gasteiger partial charge in [0.15, 0.2) is 6.23 Å². The fourth-order valence-electron chi connectivity index (χ4n) is 1.03. The van der Waals surface area contributed by atoms with Crippen molar-refractivity contribution in [3.05, 3.63) is 30.9 Å². The number of aliphatic hydroxyl groups is 1. The first-order valence-electron chi connectivity index (χ1n) is 3.46. The Hall–Kier alpha value is -1.26. The van der Waals surface area contributed by atoms with E-state index >= 15 is 0 Å². The minimum absolute atomic E-state index is 0.434. The summed E-state index contributed by atoms with van der Waals surface area (Å²) in [6, 6.07) is 6.83. The highest BCUT2D eigenvalue weighted by atomic mass is 16.6. The van der Waals surface area contributed by atoms with Crippen LogP contribution in [0.25, 0.3) is 0 Å². The van der Waals surface area contributed by atoms with Gasteiger partial charge in [-0.3, -0.25) is 5.21 Å². The van der Waals surface area contributed by atoms with E-state index in [-0.39, 0.29) is 0 Å². The minimum Gasteiger partial charge on any atom is -0.471 e. The molecule has 1 unspecified atom stereocenters. The number of aliphatic hydroxyl groups excluding tert-OH is 1. The molecule has 2 radical (unpaired) electrons. The Morgan fingerprint density at radius 1 is 1.42 bits per heavy atom. The quantitative estimate of drug-likeness (QED) is 0.592. The van der Waals surface area contributed by atoms with Crippen LogP contribution < -0.4 is 9.80 Å². The predicted molar refractivity (Wildman–Crippen MR) is 40.6 cm³/mol. The predicted octanol–water partition coefficient (Wildman–Crippen LogP) is 0.632. The van der Waals surface area contributed by atoms with Crippen LogP contribution in [0, 0.1) is 6.61 Å². The van der Waals surface area contributed by atoms with E-state index in [0.717, 1.165) is 0 Å². The second-order valence-corrected chi connectivity index (χ2v) is 2.41. The number of nitrogens with zero attached hydrogens (tertiary/aromatic N) is 1. The number of fused-ring (bicyclic) bond motifs is 1. The van der Waals surface area contributed by atoms with E-state index < -0.39 is 6.23 Å². The van der Waals surface area contributed by atoms with E-state index in [2.05, 4.69) is 6.61 Å². The fraction of sp³-hybridized carbons (Fsp3) is 0.125. The normalized spacial score (nSPS) is 21.5. The Morgan fingerprint density at radius 2 is 2.17 bits per heavy atom. The molecule has 0 aliphatic carbocycles. The molecule has 0 fully saturated rings. The van der Waals surface area contributed by atoms with Crippen molar-refractivity contribution in [2.45, 2.75) is 6.23 Å². The van der Waals surface area contributed by atoms with Gasteiger partial charge in [0.25, 0.3) is 6.61 Å². The first kappa shape index (κ1) is 7.39. The molecule has 62 valence electrons. The van der Waals surface area contributed by atoms with E-state index in [4.69, 9.17) is 9.84 Å². The van der Waals surface area contributed by atoms with Gasteiger partial charge in [-0.25, -0.2) is 5.06 Å². The summed E-state index contributed by atoms with van der Waals surface area (Å²) in [5.41, 5.74) is 0.434. The Morgan fingerprint density at radius 3 is 3.00 bits per heavy atom. The van der Waals surface area contributed by atoms with Gasteiger partial charge in [-0.1, -0.05) is 12.1 Å². The van der Waals surface area contributed by atoms with Crippen molar-refractivity contribution in [3.63, 3.8) is 0 Å². The van der Waals surface area contributed by atoms with Crippen molar-refractivity contribution in [3.8, 4) is 5.75 Å². The van der Waals surface area contributed by atoms with Crippen LogP contribution in [0.3, 0.4) is 0 Å². The number of hydrogen-bond donors (Lipinski definition) is 2. The smallest absolute Gasteiger partial charge is 0.251 e. The highest BCUT2D eigenvalue weighted by Crippen LogP contribution is 2.32. The van der Waals surface area contributed by atoms with Crippen LogP contribution >= 0.6 is 0 Å². The molecule has 1 aromatic rings. The largest absolute Gasteiger partial charge is 0.471 e. The highest BCUT2D eigenvalue weighted by Gasteiger charge is 2.25. The average Bonchev–Trinajstić information content (AvgIpc) is 2.12. The molecule has 2 N–H and O–H groups in total. The molecule has 0 saturated carbocycles. The van der Waals surface area contributed by atoms with E-state index in [0.29, 0.717) is 16.5 Å². The van der Waals surface area contributed by atoms with Gasteiger partial charge in [0.1, 0.15) is 11.4 Å². The number of rotatable bonds is 0. The van der Waals surface area contributed by atoms with E-state index in [9.17, 15) is 5.21 Å². The van der Waals surface area contributed by atoms with E-state index in [1.807, 2.05) is 0 Å². The average molecular weight is 165 g/mol. The molecule has 1 aromatic carbocycles. The Bertz CT molecular complexity index is 289. The van der Waals surface area contributed by atoms with E-state index in [1.165, 1.54) is 0 Å². The Kier molecular flexibility index (Phi) is 1.64. The monoisotopic (exact) mass is 165 g/mol. The zero-order valence-corrected chi connectivity index (χ0v) is 6.14. The summed E-state index contributed by atoms with van der Waals surface area (Å²) in [6.45, 7) is 2.22. The Labute approximate surface area is 69.6 Å². The molecule has 0 bridgehead atoms. The molecule has 0 amide bonds. The van der Waals surface area contributed by atoms with Gasteiger partial charge in [-0.15, -0.1) is 0 Å². The van der Waals surface area contributed by atoms with Gasteiger partial charge in [-0.2, -0.15) is 0 Å². The van der Waals surface area contributed by atoms with Gasteiger partial charge < -0.3 is 9.84 Å². The maximum absolute atomic E-state index is 9.27. The number of hydroxylamine groups is 1. The lowest BCUT2D eigenvalue weighted by Gasteiger charge is -2.28.